The standard InChI is InChI=1S/C16H24N2O3/c1-18(11-12-6-8-17-9-7-12)16(19)14-10-13(20-2)4-5-15(14)21-3/h4-5,10,12,17H,6-9,11H2,1-3H3. The molecule has 116 valence electrons. The second-order valence-electron chi connectivity index (χ2n) is 5.45. The highest BCUT2D eigenvalue weighted by Crippen LogP contribution is 2.25. The summed E-state index contributed by atoms with van der Waals surface area (Å²) in [7, 11) is 5.02. The van der Waals surface area contributed by atoms with Crippen LogP contribution in [-0.2, 0) is 0 Å². The van der Waals surface area contributed by atoms with Crippen LogP contribution in [0, 0.1) is 5.92 Å². The highest BCUT2D eigenvalue weighted by molar-refractivity contribution is 5.97. The van der Waals surface area contributed by atoms with Crippen molar-refractivity contribution in [2.75, 3.05) is 40.9 Å². The minimum Gasteiger partial charge on any atom is -0.497 e. The fourth-order valence-corrected chi connectivity index (χ4v) is 2.72. The largest absolute Gasteiger partial charge is 0.497 e. The summed E-state index contributed by atoms with van der Waals surface area (Å²) in [6.07, 6.45) is 2.24. The number of rotatable bonds is 5. The van der Waals surface area contributed by atoms with Crippen LogP contribution in [0.4, 0.5) is 0 Å². The molecule has 1 aromatic rings. The molecule has 0 bridgehead atoms. The molecule has 0 atom stereocenters. The molecule has 0 aromatic heterocycles. The molecular formula is C16H24N2O3. The van der Waals surface area contributed by atoms with E-state index >= 15 is 0 Å². The van der Waals surface area contributed by atoms with Gasteiger partial charge in [-0.15, -0.1) is 0 Å². The van der Waals surface area contributed by atoms with Crippen molar-refractivity contribution in [1.29, 1.82) is 0 Å². The van der Waals surface area contributed by atoms with Crippen molar-refractivity contribution in [3.63, 3.8) is 0 Å². The summed E-state index contributed by atoms with van der Waals surface area (Å²) < 4.78 is 10.5. The summed E-state index contributed by atoms with van der Waals surface area (Å²) in [4.78, 5) is 14.4. The number of nitrogens with zero attached hydrogens (tertiary/aromatic N) is 1. The Balaban J connectivity index is 2.10. The van der Waals surface area contributed by atoms with Crippen molar-refractivity contribution in [2.45, 2.75) is 12.8 Å². The minimum absolute atomic E-state index is 0.0238. The lowest BCUT2D eigenvalue weighted by Crippen LogP contribution is -2.37. The van der Waals surface area contributed by atoms with Crippen LogP contribution >= 0.6 is 0 Å². The number of hydrogen-bond donors (Lipinski definition) is 1. The van der Waals surface area contributed by atoms with Gasteiger partial charge < -0.3 is 19.7 Å². The maximum atomic E-state index is 12.6. The Morgan fingerprint density at radius 3 is 2.62 bits per heavy atom. The van der Waals surface area contributed by atoms with E-state index in [4.69, 9.17) is 9.47 Å². The van der Waals surface area contributed by atoms with E-state index in [9.17, 15) is 4.79 Å². The molecule has 5 nitrogen and oxygen atoms in total. The molecule has 2 rings (SSSR count). The molecule has 0 radical (unpaired) electrons. The summed E-state index contributed by atoms with van der Waals surface area (Å²) in [5, 5.41) is 3.34. The molecule has 1 aliphatic heterocycles. The van der Waals surface area contributed by atoms with Crippen molar-refractivity contribution in [3.8, 4) is 11.5 Å². The lowest BCUT2D eigenvalue weighted by molar-refractivity contribution is 0.0759. The number of piperidine rings is 1. The monoisotopic (exact) mass is 292 g/mol. The van der Waals surface area contributed by atoms with Crippen LogP contribution < -0.4 is 14.8 Å². The van der Waals surface area contributed by atoms with Crippen LogP contribution in [-0.4, -0.2) is 51.7 Å². The molecule has 0 spiro atoms. The summed E-state index contributed by atoms with van der Waals surface area (Å²) in [6, 6.07) is 5.30. The van der Waals surface area contributed by atoms with E-state index in [1.807, 2.05) is 7.05 Å². The molecule has 0 aliphatic carbocycles. The Morgan fingerprint density at radius 1 is 1.29 bits per heavy atom. The van der Waals surface area contributed by atoms with Crippen molar-refractivity contribution >= 4 is 5.91 Å². The van der Waals surface area contributed by atoms with Gasteiger partial charge in [0.15, 0.2) is 0 Å². The molecule has 1 fully saturated rings. The Hall–Kier alpha value is -1.75. The van der Waals surface area contributed by atoms with Crippen molar-refractivity contribution < 1.29 is 14.3 Å². The SMILES string of the molecule is COc1ccc(OC)c(C(=O)N(C)CC2CCNCC2)c1. The second kappa shape index (κ2) is 7.31. The molecule has 0 unspecified atom stereocenters. The van der Waals surface area contributed by atoms with Crippen LogP contribution in [0.5, 0.6) is 11.5 Å². The zero-order valence-electron chi connectivity index (χ0n) is 13.0. The zero-order chi connectivity index (χ0) is 15.2. The molecule has 1 saturated heterocycles. The van der Waals surface area contributed by atoms with Gasteiger partial charge in [-0.25, -0.2) is 0 Å². The molecule has 1 N–H and O–H groups in total. The normalized spacial score (nSPS) is 15.6. The molecule has 1 amide bonds. The third-order valence-electron chi connectivity index (χ3n) is 3.97. The number of carbonyl (C=O) groups is 1. The van der Waals surface area contributed by atoms with Gasteiger partial charge in [0.25, 0.3) is 5.91 Å². The van der Waals surface area contributed by atoms with E-state index < -0.39 is 0 Å². The van der Waals surface area contributed by atoms with Crippen LogP contribution in [0.3, 0.4) is 0 Å². The number of methoxy groups -OCH3 is 2. The lowest BCUT2D eigenvalue weighted by Gasteiger charge is -2.28. The van der Waals surface area contributed by atoms with Gasteiger partial charge in [0.1, 0.15) is 11.5 Å². The zero-order valence-corrected chi connectivity index (χ0v) is 13.0. The van der Waals surface area contributed by atoms with Crippen molar-refractivity contribution in [2.24, 2.45) is 5.92 Å². The smallest absolute Gasteiger partial charge is 0.257 e. The molecule has 0 saturated carbocycles. The summed E-state index contributed by atoms with van der Waals surface area (Å²) in [5.74, 6) is 1.79. The van der Waals surface area contributed by atoms with Gasteiger partial charge in [0.05, 0.1) is 19.8 Å². The number of ether oxygens (including phenoxy) is 2. The van der Waals surface area contributed by atoms with E-state index in [0.717, 1.165) is 32.5 Å². The Bertz CT molecular complexity index is 484. The first-order valence-electron chi connectivity index (χ1n) is 7.34. The van der Waals surface area contributed by atoms with E-state index in [1.54, 1.807) is 37.3 Å². The lowest BCUT2D eigenvalue weighted by atomic mass is 9.97. The molecule has 1 heterocycles. The van der Waals surface area contributed by atoms with Gasteiger partial charge in [0.2, 0.25) is 0 Å². The Kier molecular flexibility index (Phi) is 5.44. The number of nitrogens with one attached hydrogen (secondary N) is 1. The average Bonchev–Trinajstić information content (AvgIpc) is 2.54. The van der Waals surface area contributed by atoms with Gasteiger partial charge in [-0.3, -0.25) is 4.79 Å². The number of benzene rings is 1. The molecule has 1 aliphatic rings. The van der Waals surface area contributed by atoms with E-state index in [1.165, 1.54) is 0 Å². The van der Waals surface area contributed by atoms with Crippen LogP contribution in [0.25, 0.3) is 0 Å². The average molecular weight is 292 g/mol. The van der Waals surface area contributed by atoms with Gasteiger partial charge in [-0.05, 0) is 50.0 Å². The summed E-state index contributed by atoms with van der Waals surface area (Å²) >= 11 is 0. The predicted octanol–water partition coefficient (Wildman–Crippen LogP) is 1.78. The molecule has 5 heteroatoms. The first-order chi connectivity index (χ1) is 10.2. The first-order valence-corrected chi connectivity index (χ1v) is 7.34. The van der Waals surface area contributed by atoms with E-state index in [0.29, 0.717) is 23.0 Å². The number of carbonyl (C=O) groups excluding carboxylic acids is 1. The summed E-state index contributed by atoms with van der Waals surface area (Å²) in [6.45, 7) is 2.85. The van der Waals surface area contributed by atoms with Gasteiger partial charge in [-0.2, -0.15) is 0 Å². The number of amides is 1. The first kappa shape index (κ1) is 15.6. The van der Waals surface area contributed by atoms with Gasteiger partial charge in [0, 0.05) is 13.6 Å². The van der Waals surface area contributed by atoms with Crippen LogP contribution in [0.2, 0.25) is 0 Å². The highest BCUT2D eigenvalue weighted by atomic mass is 16.5. The topological polar surface area (TPSA) is 50.8 Å². The van der Waals surface area contributed by atoms with Crippen LogP contribution in [0.1, 0.15) is 23.2 Å². The Morgan fingerprint density at radius 2 is 2.00 bits per heavy atom. The third kappa shape index (κ3) is 3.88. The molecule has 1 aromatic carbocycles. The predicted molar refractivity (Wildman–Crippen MR) is 82.1 cm³/mol. The third-order valence-corrected chi connectivity index (χ3v) is 3.97. The number of hydrogen-bond acceptors (Lipinski definition) is 4. The highest BCUT2D eigenvalue weighted by Gasteiger charge is 2.21. The summed E-state index contributed by atoms with van der Waals surface area (Å²) in [5.41, 5.74) is 0.549. The maximum Gasteiger partial charge on any atom is 0.257 e. The molecule has 21 heavy (non-hydrogen) atoms. The van der Waals surface area contributed by atoms with Crippen LogP contribution in [0.15, 0.2) is 18.2 Å². The van der Waals surface area contributed by atoms with E-state index in [2.05, 4.69) is 5.32 Å². The maximum absolute atomic E-state index is 12.6. The van der Waals surface area contributed by atoms with Crippen molar-refractivity contribution in [1.82, 2.24) is 10.2 Å². The second-order valence-corrected chi connectivity index (χ2v) is 5.45. The fourth-order valence-electron chi connectivity index (χ4n) is 2.72. The molecular weight excluding hydrogens is 268 g/mol. The Labute approximate surface area is 126 Å². The van der Waals surface area contributed by atoms with E-state index in [-0.39, 0.29) is 5.91 Å². The quantitative estimate of drug-likeness (QED) is 0.899. The fraction of sp³-hybridized carbons (Fsp3) is 0.562. The van der Waals surface area contributed by atoms with Gasteiger partial charge in [-0.1, -0.05) is 0 Å². The minimum atomic E-state index is -0.0238. The van der Waals surface area contributed by atoms with Gasteiger partial charge >= 0.3 is 0 Å². The van der Waals surface area contributed by atoms with Crippen molar-refractivity contribution in [3.05, 3.63) is 23.8 Å².